The largest absolute Gasteiger partial charge is 0.320 e. The number of carbonyl (C=O) groups excluding carboxylic acids is 1. The van der Waals surface area contributed by atoms with Crippen molar-refractivity contribution in [2.24, 2.45) is 11.7 Å². The first-order chi connectivity index (χ1) is 7.11. The van der Waals surface area contributed by atoms with Gasteiger partial charge in [0.05, 0.1) is 12.1 Å². The highest BCUT2D eigenvalue weighted by molar-refractivity contribution is 8.00. The van der Waals surface area contributed by atoms with Crippen LogP contribution in [0.15, 0.2) is 0 Å². The maximum atomic E-state index is 12.0. The molecule has 0 aromatic carbocycles. The monoisotopic (exact) mass is 227 g/mol. The molecule has 1 fully saturated rings. The minimum Gasteiger partial charge on any atom is -0.320 e. The molecule has 0 bridgehead atoms. The van der Waals surface area contributed by atoms with E-state index in [9.17, 15) is 4.79 Å². The van der Waals surface area contributed by atoms with Gasteiger partial charge in [-0.25, -0.2) is 0 Å². The SMILES string of the molecule is CC[C@H](C)[C@H](N)C(=O)N1CCSC1C#N. The maximum absolute atomic E-state index is 12.0. The highest BCUT2D eigenvalue weighted by Crippen LogP contribution is 2.24. The Morgan fingerprint density at radius 1 is 1.80 bits per heavy atom. The summed E-state index contributed by atoms with van der Waals surface area (Å²) in [7, 11) is 0. The molecule has 1 aliphatic rings. The molecule has 5 heteroatoms. The lowest BCUT2D eigenvalue weighted by atomic mass is 9.99. The zero-order valence-corrected chi connectivity index (χ0v) is 9.96. The molecule has 4 nitrogen and oxygen atoms in total. The van der Waals surface area contributed by atoms with Crippen molar-refractivity contribution in [3.63, 3.8) is 0 Å². The fraction of sp³-hybridized carbons (Fsp3) is 0.800. The molecule has 1 rings (SSSR count). The molecule has 0 spiro atoms. The first kappa shape index (κ1) is 12.3. The molecule has 84 valence electrons. The van der Waals surface area contributed by atoms with E-state index in [0.717, 1.165) is 12.2 Å². The molecule has 0 radical (unpaired) electrons. The van der Waals surface area contributed by atoms with Crippen LogP contribution in [0.2, 0.25) is 0 Å². The second-order valence-electron chi connectivity index (χ2n) is 3.80. The quantitative estimate of drug-likeness (QED) is 0.773. The highest BCUT2D eigenvalue weighted by atomic mass is 32.2. The minimum atomic E-state index is -0.468. The fourth-order valence-corrected chi connectivity index (χ4v) is 2.48. The average Bonchev–Trinajstić information content (AvgIpc) is 2.73. The first-order valence-electron chi connectivity index (χ1n) is 5.19. The lowest BCUT2D eigenvalue weighted by Crippen LogP contribution is -2.48. The molecule has 3 atom stereocenters. The van der Waals surface area contributed by atoms with E-state index in [1.165, 1.54) is 11.8 Å². The number of amides is 1. The first-order valence-corrected chi connectivity index (χ1v) is 6.24. The number of carbonyl (C=O) groups is 1. The molecule has 0 aromatic heterocycles. The Morgan fingerprint density at radius 3 is 3.00 bits per heavy atom. The van der Waals surface area contributed by atoms with Gasteiger partial charge >= 0.3 is 0 Å². The Balaban J connectivity index is 2.64. The van der Waals surface area contributed by atoms with Crippen LogP contribution in [0, 0.1) is 17.2 Å². The van der Waals surface area contributed by atoms with Gasteiger partial charge in [0.15, 0.2) is 5.37 Å². The van der Waals surface area contributed by atoms with E-state index >= 15 is 0 Å². The van der Waals surface area contributed by atoms with Gasteiger partial charge in [0.1, 0.15) is 0 Å². The number of nitrogens with zero attached hydrogens (tertiary/aromatic N) is 2. The zero-order chi connectivity index (χ0) is 11.4. The molecule has 1 amide bonds. The van der Waals surface area contributed by atoms with Gasteiger partial charge in [-0.15, -0.1) is 11.8 Å². The van der Waals surface area contributed by atoms with Gasteiger partial charge in [-0.05, 0) is 5.92 Å². The normalized spacial score (nSPS) is 24.7. The van der Waals surface area contributed by atoms with E-state index in [4.69, 9.17) is 11.0 Å². The van der Waals surface area contributed by atoms with Crippen molar-refractivity contribution in [3.05, 3.63) is 0 Å². The summed E-state index contributed by atoms with van der Waals surface area (Å²) >= 11 is 1.50. The molecule has 0 aliphatic carbocycles. The average molecular weight is 227 g/mol. The Labute approximate surface area is 94.8 Å². The molecule has 1 aliphatic heterocycles. The fourth-order valence-electron chi connectivity index (χ4n) is 1.49. The van der Waals surface area contributed by atoms with E-state index in [0.29, 0.717) is 6.54 Å². The van der Waals surface area contributed by atoms with Crippen molar-refractivity contribution < 1.29 is 4.79 Å². The summed E-state index contributed by atoms with van der Waals surface area (Å²) < 4.78 is 0. The molecule has 15 heavy (non-hydrogen) atoms. The van der Waals surface area contributed by atoms with Crippen LogP contribution in [0.25, 0.3) is 0 Å². The Morgan fingerprint density at radius 2 is 2.47 bits per heavy atom. The van der Waals surface area contributed by atoms with Gasteiger partial charge in [-0.1, -0.05) is 20.3 Å². The van der Waals surface area contributed by atoms with Gasteiger partial charge < -0.3 is 10.6 Å². The third-order valence-corrected chi connectivity index (χ3v) is 3.92. The summed E-state index contributed by atoms with van der Waals surface area (Å²) in [4.78, 5) is 13.6. The van der Waals surface area contributed by atoms with E-state index < -0.39 is 6.04 Å². The molecular formula is C10H17N3OS. The van der Waals surface area contributed by atoms with Crippen molar-refractivity contribution in [2.75, 3.05) is 12.3 Å². The molecule has 0 saturated carbocycles. The zero-order valence-electron chi connectivity index (χ0n) is 9.14. The predicted molar refractivity (Wildman–Crippen MR) is 61.0 cm³/mol. The van der Waals surface area contributed by atoms with E-state index in [2.05, 4.69) is 6.07 Å². The van der Waals surface area contributed by atoms with Crippen molar-refractivity contribution in [1.29, 1.82) is 5.26 Å². The Hall–Kier alpha value is -0.730. The van der Waals surface area contributed by atoms with E-state index in [-0.39, 0.29) is 17.2 Å². The molecule has 1 unspecified atom stereocenters. The van der Waals surface area contributed by atoms with Crippen molar-refractivity contribution in [1.82, 2.24) is 4.90 Å². The summed E-state index contributed by atoms with van der Waals surface area (Å²) in [6.45, 7) is 4.62. The number of hydrogen-bond donors (Lipinski definition) is 1. The van der Waals surface area contributed by atoms with E-state index in [1.54, 1.807) is 4.90 Å². The van der Waals surface area contributed by atoms with Crippen LogP contribution in [0.4, 0.5) is 0 Å². The van der Waals surface area contributed by atoms with Crippen molar-refractivity contribution in [3.8, 4) is 6.07 Å². The van der Waals surface area contributed by atoms with Crippen LogP contribution < -0.4 is 5.73 Å². The number of rotatable bonds is 3. The highest BCUT2D eigenvalue weighted by Gasteiger charge is 2.33. The third-order valence-electron chi connectivity index (χ3n) is 2.83. The van der Waals surface area contributed by atoms with Crippen LogP contribution in [0.3, 0.4) is 0 Å². The maximum Gasteiger partial charge on any atom is 0.241 e. The number of nitrogens with two attached hydrogens (primary N) is 1. The molecular weight excluding hydrogens is 210 g/mol. The van der Waals surface area contributed by atoms with Crippen LogP contribution >= 0.6 is 11.8 Å². The Bertz CT molecular complexity index is 276. The summed E-state index contributed by atoms with van der Waals surface area (Å²) in [6.07, 6.45) is 0.880. The number of thioether (sulfide) groups is 1. The topological polar surface area (TPSA) is 70.1 Å². The summed E-state index contributed by atoms with van der Waals surface area (Å²) in [5.74, 6) is 0.917. The second kappa shape index (κ2) is 5.38. The van der Waals surface area contributed by atoms with Crippen molar-refractivity contribution in [2.45, 2.75) is 31.7 Å². The Kier molecular flexibility index (Phi) is 4.43. The van der Waals surface area contributed by atoms with Crippen LogP contribution in [0.1, 0.15) is 20.3 Å². The van der Waals surface area contributed by atoms with Gasteiger partial charge in [0.2, 0.25) is 5.91 Å². The lowest BCUT2D eigenvalue weighted by Gasteiger charge is -2.25. The van der Waals surface area contributed by atoms with Gasteiger partial charge in [-0.2, -0.15) is 5.26 Å². The van der Waals surface area contributed by atoms with Gasteiger partial charge in [0.25, 0.3) is 0 Å². The predicted octanol–water partition coefficient (Wildman–Crippen LogP) is 0.785. The van der Waals surface area contributed by atoms with Crippen LogP contribution in [-0.2, 0) is 4.79 Å². The minimum absolute atomic E-state index is 0.0825. The second-order valence-corrected chi connectivity index (χ2v) is 4.98. The summed E-state index contributed by atoms with van der Waals surface area (Å²) in [5, 5.41) is 8.52. The number of nitriles is 1. The van der Waals surface area contributed by atoms with Crippen LogP contribution in [0.5, 0.6) is 0 Å². The van der Waals surface area contributed by atoms with Gasteiger partial charge in [-0.3, -0.25) is 4.79 Å². The molecule has 0 aromatic rings. The lowest BCUT2D eigenvalue weighted by molar-refractivity contribution is -0.133. The summed E-state index contributed by atoms with van der Waals surface area (Å²) in [6, 6.07) is 1.65. The van der Waals surface area contributed by atoms with Crippen molar-refractivity contribution >= 4 is 17.7 Å². The van der Waals surface area contributed by atoms with E-state index in [1.807, 2.05) is 13.8 Å². The van der Waals surface area contributed by atoms with Gasteiger partial charge in [0, 0.05) is 12.3 Å². The standard InChI is InChI=1S/C10H17N3OS/c1-3-7(2)9(12)10(14)13-4-5-15-8(13)6-11/h7-9H,3-5,12H2,1-2H3/t7-,8?,9-/m0/s1. The third kappa shape index (κ3) is 2.64. The summed E-state index contributed by atoms with van der Waals surface area (Å²) in [5.41, 5.74) is 5.86. The smallest absolute Gasteiger partial charge is 0.241 e. The van der Waals surface area contributed by atoms with Crippen LogP contribution in [-0.4, -0.2) is 34.5 Å². The number of hydrogen-bond acceptors (Lipinski definition) is 4. The molecule has 2 N–H and O–H groups in total. The molecule has 1 heterocycles. The molecule has 1 saturated heterocycles.